The Labute approximate surface area is 163 Å². The van der Waals surface area contributed by atoms with Crippen molar-refractivity contribution in [3.63, 3.8) is 0 Å². The molecule has 2 aromatic carbocycles. The third kappa shape index (κ3) is 6.67. The maximum atomic E-state index is 11.8. The lowest BCUT2D eigenvalue weighted by molar-refractivity contribution is -0.128. The van der Waals surface area contributed by atoms with Gasteiger partial charge in [0, 0.05) is 11.1 Å². The minimum Gasteiger partial charge on any atom is -0.490 e. The Bertz CT molecular complexity index is 836. The molecule has 0 aliphatic heterocycles. The molecule has 0 aliphatic rings. The Kier molecular flexibility index (Phi) is 7.70. The van der Waals surface area contributed by atoms with Crippen LogP contribution in [0.4, 0.5) is 0 Å². The molecular formula is C20H21ClN2O4. The number of hydrogen-bond donors (Lipinski definition) is 2. The molecule has 2 N–H and O–H groups in total. The van der Waals surface area contributed by atoms with Crippen LogP contribution in [0.1, 0.15) is 18.1 Å². The summed E-state index contributed by atoms with van der Waals surface area (Å²) in [6.45, 7) is 3.98. The number of amides is 2. The molecule has 0 radical (unpaired) electrons. The molecule has 7 heteroatoms. The zero-order chi connectivity index (χ0) is 19.6. The van der Waals surface area contributed by atoms with Crippen molar-refractivity contribution in [1.82, 2.24) is 10.9 Å². The minimum absolute atomic E-state index is 0.262. The Hall–Kier alpha value is -2.99. The van der Waals surface area contributed by atoms with Gasteiger partial charge in [-0.3, -0.25) is 20.4 Å². The number of benzene rings is 2. The summed E-state index contributed by atoms with van der Waals surface area (Å²) < 4.78 is 10.8. The zero-order valence-corrected chi connectivity index (χ0v) is 15.9. The second kappa shape index (κ2) is 10.2. The molecule has 0 spiro atoms. The molecule has 142 valence electrons. The summed E-state index contributed by atoms with van der Waals surface area (Å²) in [4.78, 5) is 23.6. The number of hydrazine groups is 1. The highest BCUT2D eigenvalue weighted by Gasteiger charge is 2.07. The van der Waals surface area contributed by atoms with E-state index < -0.39 is 11.8 Å². The first-order chi connectivity index (χ1) is 13.0. The van der Waals surface area contributed by atoms with E-state index in [1.54, 1.807) is 30.3 Å². The smallest absolute Gasteiger partial charge is 0.276 e. The molecule has 0 aromatic heterocycles. The van der Waals surface area contributed by atoms with Crippen LogP contribution >= 0.6 is 11.6 Å². The van der Waals surface area contributed by atoms with Gasteiger partial charge in [0.1, 0.15) is 0 Å². The number of para-hydroxylation sites is 2. The van der Waals surface area contributed by atoms with E-state index in [0.29, 0.717) is 23.1 Å². The molecule has 27 heavy (non-hydrogen) atoms. The van der Waals surface area contributed by atoms with E-state index in [1.165, 1.54) is 6.08 Å². The van der Waals surface area contributed by atoms with E-state index >= 15 is 0 Å². The Morgan fingerprint density at radius 1 is 1.07 bits per heavy atom. The van der Waals surface area contributed by atoms with Crippen LogP contribution in [-0.2, 0) is 9.59 Å². The first kappa shape index (κ1) is 20.3. The normalized spacial score (nSPS) is 10.5. The summed E-state index contributed by atoms with van der Waals surface area (Å²) >= 11 is 6.03. The van der Waals surface area contributed by atoms with Crippen LogP contribution in [0.15, 0.2) is 48.5 Å². The van der Waals surface area contributed by atoms with Crippen molar-refractivity contribution in [2.24, 2.45) is 0 Å². The van der Waals surface area contributed by atoms with Gasteiger partial charge in [-0.15, -0.1) is 0 Å². The molecule has 0 saturated carbocycles. The largest absolute Gasteiger partial charge is 0.490 e. The van der Waals surface area contributed by atoms with Gasteiger partial charge < -0.3 is 9.47 Å². The Morgan fingerprint density at radius 2 is 1.78 bits per heavy atom. The van der Waals surface area contributed by atoms with Crippen molar-refractivity contribution in [1.29, 1.82) is 0 Å². The number of nitrogens with one attached hydrogen (secondary N) is 2. The monoisotopic (exact) mass is 388 g/mol. The van der Waals surface area contributed by atoms with E-state index in [2.05, 4.69) is 10.9 Å². The second-order valence-electron chi connectivity index (χ2n) is 5.55. The first-order valence-corrected chi connectivity index (χ1v) is 8.75. The summed E-state index contributed by atoms with van der Waals surface area (Å²) in [6, 6.07) is 12.5. The standard InChI is InChI=1S/C20H21ClN2O4/c1-3-26-17-6-4-5-7-18(17)27-13-20(25)23-22-19(24)11-10-15-9-8-14(2)16(21)12-15/h4-12H,3,13H2,1-2H3,(H,22,24)(H,23,25)/b11-10+. The number of carbonyl (C=O) groups is 2. The van der Waals surface area contributed by atoms with Crippen LogP contribution < -0.4 is 20.3 Å². The highest BCUT2D eigenvalue weighted by atomic mass is 35.5. The van der Waals surface area contributed by atoms with Gasteiger partial charge in [-0.1, -0.05) is 35.9 Å². The molecule has 0 heterocycles. The fourth-order valence-electron chi connectivity index (χ4n) is 2.08. The quantitative estimate of drug-likeness (QED) is 0.563. The molecule has 6 nitrogen and oxygen atoms in total. The molecule has 0 fully saturated rings. The Morgan fingerprint density at radius 3 is 2.44 bits per heavy atom. The van der Waals surface area contributed by atoms with Crippen LogP contribution in [-0.4, -0.2) is 25.0 Å². The van der Waals surface area contributed by atoms with Crippen molar-refractivity contribution in [3.8, 4) is 11.5 Å². The van der Waals surface area contributed by atoms with Gasteiger partial charge in [0.25, 0.3) is 11.8 Å². The predicted octanol–water partition coefficient (Wildman–Crippen LogP) is 3.29. The summed E-state index contributed by atoms with van der Waals surface area (Å²) in [5.74, 6) is 0.0321. The van der Waals surface area contributed by atoms with Crippen LogP contribution in [0.3, 0.4) is 0 Å². The third-order valence-electron chi connectivity index (χ3n) is 3.46. The number of hydrogen-bond acceptors (Lipinski definition) is 4. The van der Waals surface area contributed by atoms with Crippen LogP contribution in [0.2, 0.25) is 5.02 Å². The average molecular weight is 389 g/mol. The van der Waals surface area contributed by atoms with Gasteiger partial charge in [0.2, 0.25) is 0 Å². The molecule has 0 atom stereocenters. The number of ether oxygens (including phenoxy) is 2. The minimum atomic E-state index is -0.499. The molecule has 0 aliphatic carbocycles. The fourth-order valence-corrected chi connectivity index (χ4v) is 2.27. The van der Waals surface area contributed by atoms with E-state index in [-0.39, 0.29) is 6.61 Å². The van der Waals surface area contributed by atoms with Crippen molar-refractivity contribution in [3.05, 3.63) is 64.7 Å². The van der Waals surface area contributed by atoms with Gasteiger partial charge in [0.15, 0.2) is 18.1 Å². The van der Waals surface area contributed by atoms with Crippen LogP contribution in [0, 0.1) is 6.92 Å². The summed E-state index contributed by atoms with van der Waals surface area (Å²) in [5.41, 5.74) is 6.30. The van der Waals surface area contributed by atoms with Crippen LogP contribution in [0.25, 0.3) is 6.08 Å². The van der Waals surface area contributed by atoms with Gasteiger partial charge in [-0.25, -0.2) is 0 Å². The molecule has 2 amide bonds. The zero-order valence-electron chi connectivity index (χ0n) is 15.1. The number of carbonyl (C=O) groups excluding carboxylic acids is 2. The number of rotatable bonds is 7. The van der Waals surface area contributed by atoms with Crippen LogP contribution in [0.5, 0.6) is 11.5 Å². The van der Waals surface area contributed by atoms with Crippen molar-refractivity contribution in [2.75, 3.05) is 13.2 Å². The van der Waals surface area contributed by atoms with Gasteiger partial charge >= 0.3 is 0 Å². The summed E-state index contributed by atoms with van der Waals surface area (Å²) in [6.07, 6.45) is 2.90. The predicted molar refractivity (Wildman–Crippen MR) is 105 cm³/mol. The third-order valence-corrected chi connectivity index (χ3v) is 3.86. The molecule has 2 aromatic rings. The highest BCUT2D eigenvalue weighted by molar-refractivity contribution is 6.31. The van der Waals surface area contributed by atoms with E-state index in [4.69, 9.17) is 21.1 Å². The van der Waals surface area contributed by atoms with E-state index in [1.807, 2.05) is 32.0 Å². The lowest BCUT2D eigenvalue weighted by atomic mass is 10.1. The van der Waals surface area contributed by atoms with Crippen molar-refractivity contribution >= 4 is 29.5 Å². The van der Waals surface area contributed by atoms with Gasteiger partial charge in [0.05, 0.1) is 6.61 Å². The van der Waals surface area contributed by atoms with Gasteiger partial charge in [-0.05, 0) is 49.2 Å². The second-order valence-corrected chi connectivity index (χ2v) is 5.96. The Balaban J connectivity index is 1.78. The average Bonchev–Trinajstić information content (AvgIpc) is 2.67. The summed E-state index contributed by atoms with van der Waals surface area (Å²) in [5, 5.41) is 0.621. The van der Waals surface area contributed by atoms with E-state index in [9.17, 15) is 9.59 Å². The first-order valence-electron chi connectivity index (χ1n) is 8.37. The molecule has 0 unspecified atom stereocenters. The van der Waals surface area contributed by atoms with E-state index in [0.717, 1.165) is 11.1 Å². The van der Waals surface area contributed by atoms with Crippen molar-refractivity contribution in [2.45, 2.75) is 13.8 Å². The maximum Gasteiger partial charge on any atom is 0.276 e. The van der Waals surface area contributed by atoms with Gasteiger partial charge in [-0.2, -0.15) is 0 Å². The molecule has 0 bridgehead atoms. The molecule has 2 rings (SSSR count). The highest BCUT2D eigenvalue weighted by Crippen LogP contribution is 2.26. The fraction of sp³-hybridized carbons (Fsp3) is 0.200. The number of halogens is 1. The summed E-state index contributed by atoms with van der Waals surface area (Å²) in [7, 11) is 0. The maximum absolute atomic E-state index is 11.8. The lowest BCUT2D eigenvalue weighted by Gasteiger charge is -2.11. The molecule has 0 saturated heterocycles. The number of aryl methyl sites for hydroxylation is 1. The lowest BCUT2D eigenvalue weighted by Crippen LogP contribution is -2.43. The van der Waals surface area contributed by atoms with Crippen molar-refractivity contribution < 1.29 is 19.1 Å². The molecular weight excluding hydrogens is 368 g/mol. The SMILES string of the molecule is CCOc1ccccc1OCC(=O)NNC(=O)/C=C/c1ccc(C)c(Cl)c1. The topological polar surface area (TPSA) is 76.7 Å².